The molecule has 5 nitrogen and oxygen atoms in total. The first-order valence-electron chi connectivity index (χ1n) is 5.16. The lowest BCUT2D eigenvalue weighted by Gasteiger charge is -2.24. The maximum atomic E-state index is 11.5. The average Bonchev–Trinajstić information content (AvgIpc) is 2.35. The van der Waals surface area contributed by atoms with E-state index in [9.17, 15) is 14.7 Å². The number of carbonyl (C=O) groups excluding carboxylic acids is 2. The van der Waals surface area contributed by atoms with Gasteiger partial charge in [0.05, 0.1) is 12.0 Å². The summed E-state index contributed by atoms with van der Waals surface area (Å²) < 4.78 is 4.96. The van der Waals surface area contributed by atoms with Crippen LogP contribution in [-0.4, -0.2) is 30.1 Å². The van der Waals surface area contributed by atoms with Crippen molar-refractivity contribution in [1.29, 1.82) is 0 Å². The summed E-state index contributed by atoms with van der Waals surface area (Å²) >= 11 is 0. The van der Waals surface area contributed by atoms with Gasteiger partial charge in [0.15, 0.2) is 0 Å². The summed E-state index contributed by atoms with van der Waals surface area (Å²) in [4.78, 5) is 23.0. The van der Waals surface area contributed by atoms with E-state index in [1.807, 2.05) is 30.3 Å². The number of aliphatic carboxylic acids is 1. The minimum Gasteiger partial charge on any atom is -0.548 e. The minimum absolute atomic E-state index is 0.115. The Kier molecular flexibility index (Phi) is 4.51. The van der Waals surface area contributed by atoms with Gasteiger partial charge in [-0.15, -0.1) is 0 Å². The van der Waals surface area contributed by atoms with Crippen molar-refractivity contribution in [2.24, 2.45) is 0 Å². The SMILES string of the molecule is C[C@@H](C(=O)[O-])N(C)C(=O)OCc1ccccc1. The van der Waals surface area contributed by atoms with Crippen LogP contribution in [0.25, 0.3) is 0 Å². The predicted molar refractivity (Wildman–Crippen MR) is 58.9 cm³/mol. The first-order chi connectivity index (χ1) is 8.02. The van der Waals surface area contributed by atoms with Crippen molar-refractivity contribution in [2.45, 2.75) is 19.6 Å². The first kappa shape index (κ1) is 13.0. The Bertz CT molecular complexity index is 391. The number of carbonyl (C=O) groups is 2. The number of rotatable bonds is 4. The summed E-state index contributed by atoms with van der Waals surface area (Å²) in [6, 6.07) is 8.13. The molecule has 92 valence electrons. The number of hydrogen-bond acceptors (Lipinski definition) is 4. The summed E-state index contributed by atoms with van der Waals surface area (Å²) in [6.45, 7) is 1.48. The number of hydrogen-bond donors (Lipinski definition) is 0. The zero-order valence-corrected chi connectivity index (χ0v) is 9.75. The highest BCUT2D eigenvalue weighted by Crippen LogP contribution is 2.04. The molecule has 0 aliphatic carbocycles. The third-order valence-electron chi connectivity index (χ3n) is 2.42. The molecule has 1 atom stereocenters. The van der Waals surface area contributed by atoms with Gasteiger partial charge in [-0.2, -0.15) is 0 Å². The van der Waals surface area contributed by atoms with Gasteiger partial charge >= 0.3 is 6.09 Å². The fourth-order valence-electron chi connectivity index (χ4n) is 1.14. The second-order valence-electron chi connectivity index (χ2n) is 3.65. The summed E-state index contributed by atoms with van der Waals surface area (Å²) in [6.07, 6.45) is -0.689. The molecule has 1 aromatic rings. The van der Waals surface area contributed by atoms with Gasteiger partial charge in [-0.3, -0.25) is 0 Å². The number of benzene rings is 1. The Morgan fingerprint density at radius 3 is 2.47 bits per heavy atom. The molecule has 1 amide bonds. The Labute approximate surface area is 99.6 Å². The highest BCUT2D eigenvalue weighted by Gasteiger charge is 2.17. The van der Waals surface area contributed by atoms with Crippen molar-refractivity contribution in [3.05, 3.63) is 35.9 Å². The van der Waals surface area contributed by atoms with Gasteiger partial charge in [0, 0.05) is 7.05 Å². The van der Waals surface area contributed by atoms with E-state index < -0.39 is 18.1 Å². The summed E-state index contributed by atoms with van der Waals surface area (Å²) in [7, 11) is 1.35. The lowest BCUT2D eigenvalue weighted by molar-refractivity contribution is -0.310. The normalized spacial score (nSPS) is 11.6. The largest absolute Gasteiger partial charge is 0.548 e. The first-order valence-corrected chi connectivity index (χ1v) is 5.16. The van der Waals surface area contributed by atoms with Gasteiger partial charge in [0.1, 0.15) is 6.61 Å². The maximum absolute atomic E-state index is 11.5. The molecule has 0 fully saturated rings. The van der Waals surface area contributed by atoms with Gasteiger partial charge in [-0.05, 0) is 12.5 Å². The van der Waals surface area contributed by atoms with E-state index in [2.05, 4.69) is 0 Å². The molecule has 0 heterocycles. The van der Waals surface area contributed by atoms with Crippen LogP contribution in [0.15, 0.2) is 30.3 Å². The van der Waals surface area contributed by atoms with Crippen molar-refractivity contribution in [1.82, 2.24) is 4.90 Å². The van der Waals surface area contributed by atoms with E-state index in [1.165, 1.54) is 14.0 Å². The Morgan fingerprint density at radius 1 is 1.35 bits per heavy atom. The smallest absolute Gasteiger partial charge is 0.410 e. The number of carboxylic acids is 1. The van der Waals surface area contributed by atoms with Gasteiger partial charge in [-0.1, -0.05) is 30.3 Å². The molecule has 0 spiro atoms. The molecule has 0 N–H and O–H groups in total. The van der Waals surface area contributed by atoms with Crippen LogP contribution in [0.1, 0.15) is 12.5 Å². The van der Waals surface area contributed by atoms with E-state index in [1.54, 1.807) is 0 Å². The second-order valence-corrected chi connectivity index (χ2v) is 3.65. The molecule has 5 heteroatoms. The standard InChI is InChI=1S/C12H15NO4/c1-9(11(14)15)13(2)12(16)17-8-10-6-4-3-5-7-10/h3-7,9H,8H2,1-2H3,(H,14,15)/p-1/t9-/m0/s1. The van der Waals surface area contributed by atoms with Gasteiger partial charge in [0.2, 0.25) is 0 Å². The average molecular weight is 236 g/mol. The van der Waals surface area contributed by atoms with E-state index in [0.717, 1.165) is 10.5 Å². The molecule has 1 rings (SSSR count). The molecule has 0 saturated carbocycles. The molecular formula is C12H14NO4-. The van der Waals surface area contributed by atoms with Crippen molar-refractivity contribution in [3.63, 3.8) is 0 Å². The fourth-order valence-corrected chi connectivity index (χ4v) is 1.14. The Morgan fingerprint density at radius 2 is 1.94 bits per heavy atom. The monoisotopic (exact) mass is 236 g/mol. The number of nitrogens with zero attached hydrogens (tertiary/aromatic N) is 1. The number of carboxylic acid groups (broad SMARTS) is 1. The van der Waals surface area contributed by atoms with Crippen molar-refractivity contribution in [2.75, 3.05) is 7.05 Å². The third kappa shape index (κ3) is 3.79. The van der Waals surface area contributed by atoms with Crippen molar-refractivity contribution < 1.29 is 19.4 Å². The van der Waals surface area contributed by atoms with E-state index in [0.29, 0.717) is 0 Å². The van der Waals surface area contributed by atoms with Crippen LogP contribution in [0, 0.1) is 0 Å². The van der Waals surface area contributed by atoms with Crippen molar-refractivity contribution in [3.8, 4) is 0 Å². The van der Waals surface area contributed by atoms with Gasteiger partial charge < -0.3 is 19.5 Å². The summed E-state index contributed by atoms with van der Waals surface area (Å²) in [5.41, 5.74) is 0.843. The lowest BCUT2D eigenvalue weighted by Crippen LogP contribution is -2.47. The van der Waals surface area contributed by atoms with Crippen molar-refractivity contribution >= 4 is 12.1 Å². The molecule has 0 aromatic heterocycles. The van der Waals surface area contributed by atoms with Crippen LogP contribution in [0.4, 0.5) is 4.79 Å². The fraction of sp³-hybridized carbons (Fsp3) is 0.333. The zero-order chi connectivity index (χ0) is 12.8. The molecule has 0 unspecified atom stereocenters. The third-order valence-corrected chi connectivity index (χ3v) is 2.42. The van der Waals surface area contributed by atoms with Crippen LogP contribution in [-0.2, 0) is 16.1 Å². The van der Waals surface area contributed by atoms with Crippen LogP contribution < -0.4 is 5.11 Å². The molecular weight excluding hydrogens is 222 g/mol. The summed E-state index contributed by atoms with van der Waals surface area (Å²) in [5.74, 6) is -1.32. The Hall–Kier alpha value is -2.04. The molecule has 0 aliphatic rings. The molecule has 0 radical (unpaired) electrons. The van der Waals surface area contributed by atoms with E-state index >= 15 is 0 Å². The van der Waals surface area contributed by atoms with Crippen LogP contribution in [0.5, 0.6) is 0 Å². The van der Waals surface area contributed by atoms with Crippen LogP contribution in [0.3, 0.4) is 0 Å². The minimum atomic E-state index is -1.32. The maximum Gasteiger partial charge on any atom is 0.410 e. The highest BCUT2D eigenvalue weighted by molar-refractivity contribution is 5.78. The van der Waals surface area contributed by atoms with E-state index in [4.69, 9.17) is 4.74 Å². The van der Waals surface area contributed by atoms with Crippen LogP contribution in [0.2, 0.25) is 0 Å². The summed E-state index contributed by atoms with van der Waals surface area (Å²) in [5, 5.41) is 10.6. The molecule has 17 heavy (non-hydrogen) atoms. The van der Waals surface area contributed by atoms with E-state index in [-0.39, 0.29) is 6.61 Å². The highest BCUT2D eigenvalue weighted by atomic mass is 16.6. The molecule has 1 aromatic carbocycles. The van der Waals surface area contributed by atoms with Crippen LogP contribution >= 0.6 is 0 Å². The number of amides is 1. The molecule has 0 saturated heterocycles. The second kappa shape index (κ2) is 5.89. The lowest BCUT2D eigenvalue weighted by atomic mass is 10.2. The topological polar surface area (TPSA) is 69.7 Å². The molecule has 0 aliphatic heterocycles. The number of ether oxygens (including phenoxy) is 1. The predicted octanol–water partition coefficient (Wildman–Crippen LogP) is 0.393. The molecule has 0 bridgehead atoms. The number of likely N-dealkylation sites (N-methyl/N-ethyl adjacent to an activating group) is 1. The van der Waals surface area contributed by atoms with Gasteiger partial charge in [0.25, 0.3) is 0 Å². The zero-order valence-electron chi connectivity index (χ0n) is 9.75. The quantitative estimate of drug-likeness (QED) is 0.758. The van der Waals surface area contributed by atoms with Gasteiger partial charge in [-0.25, -0.2) is 4.79 Å². The Balaban J connectivity index is 2.47.